The van der Waals surface area contributed by atoms with Gasteiger partial charge in [-0.2, -0.15) is 5.10 Å². The molecule has 0 aliphatic carbocycles. The van der Waals surface area contributed by atoms with E-state index in [0.717, 1.165) is 10.1 Å². The Labute approximate surface area is 192 Å². The molecule has 0 fully saturated rings. The van der Waals surface area contributed by atoms with Crippen LogP contribution in [-0.4, -0.2) is 30.2 Å². The first kappa shape index (κ1) is 21.5. The zero-order valence-electron chi connectivity index (χ0n) is 16.7. The van der Waals surface area contributed by atoms with Gasteiger partial charge in [-0.25, -0.2) is 10.2 Å². The van der Waals surface area contributed by atoms with Crippen LogP contribution in [0.5, 0.6) is 11.5 Å². The fraction of sp³-hybridized carbons (Fsp3) is 0.0435. The number of amides is 1. The third-order valence-electron chi connectivity index (χ3n) is 4.41. The largest absolute Gasteiger partial charge is 0.493 e. The lowest BCUT2D eigenvalue weighted by Crippen LogP contribution is -2.17. The van der Waals surface area contributed by atoms with Gasteiger partial charge in [0.2, 0.25) is 0 Å². The Balaban J connectivity index is 1.47. The predicted octanol–water partition coefficient (Wildman–Crippen LogP) is 4.94. The number of nitrogens with one attached hydrogen (secondary N) is 1. The summed E-state index contributed by atoms with van der Waals surface area (Å²) in [5.41, 5.74) is 3.45. The van der Waals surface area contributed by atoms with Gasteiger partial charge in [0, 0.05) is 22.5 Å². The highest BCUT2D eigenvalue weighted by Gasteiger charge is 2.20. The molecule has 2 aromatic carbocycles. The highest BCUT2D eigenvalue weighted by molar-refractivity contribution is 7.21. The zero-order valence-corrected chi connectivity index (χ0v) is 18.3. The molecule has 0 unspecified atom stereocenters. The standard InChI is InChI=1S/C23H16ClN3O4S/c1-30-18-11-14(12-26-27-22(28)15-5-4-10-25-13-15)8-9-17(18)31-23(29)21-20(24)16-6-2-3-7-19(16)32-21/h2-13H,1H3,(H,27,28). The molecule has 2 heterocycles. The molecule has 0 radical (unpaired) electrons. The maximum atomic E-state index is 12.7. The van der Waals surface area contributed by atoms with E-state index in [1.165, 1.54) is 30.9 Å². The van der Waals surface area contributed by atoms with Crippen LogP contribution in [0, 0.1) is 0 Å². The SMILES string of the molecule is COc1cc(C=NNC(=O)c2cccnc2)ccc1OC(=O)c1sc2ccccc2c1Cl. The van der Waals surface area contributed by atoms with Gasteiger partial charge >= 0.3 is 5.97 Å². The van der Waals surface area contributed by atoms with E-state index in [2.05, 4.69) is 15.5 Å². The van der Waals surface area contributed by atoms with Crippen LogP contribution in [0.25, 0.3) is 10.1 Å². The van der Waals surface area contributed by atoms with E-state index in [-0.39, 0.29) is 11.7 Å². The summed E-state index contributed by atoms with van der Waals surface area (Å²) in [6.45, 7) is 0. The number of nitrogens with zero attached hydrogens (tertiary/aromatic N) is 2. The second-order valence-electron chi connectivity index (χ2n) is 6.48. The van der Waals surface area contributed by atoms with Gasteiger partial charge in [0.05, 0.1) is 23.9 Å². The maximum Gasteiger partial charge on any atom is 0.355 e. The minimum Gasteiger partial charge on any atom is -0.493 e. The Morgan fingerprint density at radius 3 is 2.72 bits per heavy atom. The molecule has 0 atom stereocenters. The fourth-order valence-electron chi connectivity index (χ4n) is 2.87. The van der Waals surface area contributed by atoms with E-state index >= 15 is 0 Å². The van der Waals surface area contributed by atoms with Gasteiger partial charge in [0.1, 0.15) is 4.88 Å². The van der Waals surface area contributed by atoms with Gasteiger partial charge in [-0.1, -0.05) is 29.8 Å². The molecule has 0 aliphatic rings. The lowest BCUT2D eigenvalue weighted by molar-refractivity contribution is 0.0734. The van der Waals surface area contributed by atoms with Crippen molar-refractivity contribution in [3.05, 3.63) is 88.0 Å². The van der Waals surface area contributed by atoms with Crippen molar-refractivity contribution in [1.82, 2.24) is 10.4 Å². The number of hydrogen-bond donors (Lipinski definition) is 1. The second-order valence-corrected chi connectivity index (χ2v) is 7.91. The third kappa shape index (κ3) is 4.61. The molecule has 7 nitrogen and oxygen atoms in total. The molecule has 0 aliphatic heterocycles. The Morgan fingerprint density at radius 1 is 1.12 bits per heavy atom. The molecule has 160 valence electrons. The van der Waals surface area contributed by atoms with Crippen molar-refractivity contribution < 1.29 is 19.1 Å². The number of hydrazone groups is 1. The van der Waals surface area contributed by atoms with Crippen LogP contribution in [-0.2, 0) is 0 Å². The van der Waals surface area contributed by atoms with E-state index in [1.807, 2.05) is 24.3 Å². The maximum absolute atomic E-state index is 12.7. The quantitative estimate of drug-likeness (QED) is 0.188. The van der Waals surface area contributed by atoms with Crippen molar-refractivity contribution in [2.75, 3.05) is 7.11 Å². The fourth-order valence-corrected chi connectivity index (χ4v) is 4.25. The predicted molar refractivity (Wildman–Crippen MR) is 124 cm³/mol. The average Bonchev–Trinajstić information content (AvgIpc) is 3.17. The van der Waals surface area contributed by atoms with E-state index in [9.17, 15) is 9.59 Å². The molecular formula is C23H16ClN3O4S. The number of aromatic nitrogens is 1. The molecule has 0 saturated heterocycles. The summed E-state index contributed by atoms with van der Waals surface area (Å²) < 4.78 is 11.8. The topological polar surface area (TPSA) is 89.9 Å². The molecule has 1 amide bonds. The number of carbonyl (C=O) groups is 2. The number of benzene rings is 2. The number of pyridine rings is 1. The summed E-state index contributed by atoms with van der Waals surface area (Å²) >= 11 is 7.63. The Kier molecular flexibility index (Phi) is 6.44. The summed E-state index contributed by atoms with van der Waals surface area (Å²) in [6, 6.07) is 15.7. The molecule has 0 spiro atoms. The first-order chi connectivity index (χ1) is 15.6. The number of thiophene rings is 1. The molecule has 2 aromatic heterocycles. The van der Waals surface area contributed by atoms with Crippen LogP contribution in [0.4, 0.5) is 0 Å². The minimum atomic E-state index is -0.570. The number of carbonyl (C=O) groups excluding carboxylic acids is 2. The summed E-state index contributed by atoms with van der Waals surface area (Å²) in [6.07, 6.45) is 4.47. The summed E-state index contributed by atoms with van der Waals surface area (Å²) in [7, 11) is 1.46. The second kappa shape index (κ2) is 9.59. The molecule has 4 rings (SSSR count). The van der Waals surface area contributed by atoms with Crippen molar-refractivity contribution in [1.29, 1.82) is 0 Å². The normalized spacial score (nSPS) is 10.9. The first-order valence-electron chi connectivity index (χ1n) is 9.37. The van der Waals surface area contributed by atoms with Gasteiger partial charge in [-0.05, 0) is 42.0 Å². The van der Waals surface area contributed by atoms with Crippen molar-refractivity contribution in [2.45, 2.75) is 0 Å². The lowest BCUT2D eigenvalue weighted by Gasteiger charge is -2.09. The van der Waals surface area contributed by atoms with Crippen molar-refractivity contribution >= 4 is 51.1 Å². The van der Waals surface area contributed by atoms with Crippen LogP contribution in [0.3, 0.4) is 0 Å². The summed E-state index contributed by atoms with van der Waals surface area (Å²) in [5.74, 6) is -0.382. The lowest BCUT2D eigenvalue weighted by atomic mass is 10.2. The minimum absolute atomic E-state index is 0.238. The van der Waals surface area contributed by atoms with Crippen molar-refractivity contribution in [3.63, 3.8) is 0 Å². The number of esters is 1. The van der Waals surface area contributed by atoms with Crippen LogP contribution in [0.15, 0.2) is 72.1 Å². The van der Waals surface area contributed by atoms with Crippen molar-refractivity contribution in [2.24, 2.45) is 5.10 Å². The molecule has 9 heteroatoms. The van der Waals surface area contributed by atoms with Crippen LogP contribution >= 0.6 is 22.9 Å². The van der Waals surface area contributed by atoms with Crippen LogP contribution in [0.1, 0.15) is 25.6 Å². The van der Waals surface area contributed by atoms with Gasteiger partial charge < -0.3 is 9.47 Å². The van der Waals surface area contributed by atoms with E-state index < -0.39 is 5.97 Å². The number of halogens is 1. The number of rotatable bonds is 6. The van der Waals surface area contributed by atoms with Gasteiger partial charge in [-0.3, -0.25) is 9.78 Å². The number of ether oxygens (including phenoxy) is 2. The molecule has 4 aromatic rings. The molecular weight excluding hydrogens is 450 g/mol. The van der Waals surface area contributed by atoms with Crippen molar-refractivity contribution in [3.8, 4) is 11.5 Å². The Hall–Kier alpha value is -3.75. The summed E-state index contributed by atoms with van der Waals surface area (Å²) in [5, 5.41) is 5.10. The van der Waals surface area contributed by atoms with Gasteiger partial charge in [0.15, 0.2) is 11.5 Å². The smallest absolute Gasteiger partial charge is 0.355 e. The molecule has 32 heavy (non-hydrogen) atoms. The van der Waals surface area contributed by atoms with E-state index in [0.29, 0.717) is 26.8 Å². The third-order valence-corrected chi connectivity index (χ3v) is 6.07. The van der Waals surface area contributed by atoms with Gasteiger partial charge in [-0.15, -0.1) is 11.3 Å². The number of methoxy groups -OCH3 is 1. The zero-order chi connectivity index (χ0) is 22.5. The number of hydrogen-bond acceptors (Lipinski definition) is 7. The van der Waals surface area contributed by atoms with E-state index in [4.69, 9.17) is 21.1 Å². The van der Waals surface area contributed by atoms with Crippen LogP contribution < -0.4 is 14.9 Å². The molecule has 0 bridgehead atoms. The molecule has 1 N–H and O–H groups in total. The van der Waals surface area contributed by atoms with Crippen LogP contribution in [0.2, 0.25) is 5.02 Å². The monoisotopic (exact) mass is 465 g/mol. The van der Waals surface area contributed by atoms with Gasteiger partial charge in [0.25, 0.3) is 5.91 Å². The van der Waals surface area contributed by atoms with E-state index in [1.54, 1.807) is 36.5 Å². The summed E-state index contributed by atoms with van der Waals surface area (Å²) in [4.78, 5) is 28.9. The average molecular weight is 466 g/mol. The molecule has 0 saturated carbocycles. The first-order valence-corrected chi connectivity index (χ1v) is 10.6. The highest BCUT2D eigenvalue weighted by Crippen LogP contribution is 2.36. The Morgan fingerprint density at radius 2 is 1.97 bits per heavy atom. The highest BCUT2D eigenvalue weighted by atomic mass is 35.5. The Bertz CT molecular complexity index is 1320. The number of fused-ring (bicyclic) bond motifs is 1.